The molecule has 20 heavy (non-hydrogen) atoms. The lowest BCUT2D eigenvalue weighted by molar-refractivity contribution is -0.147. The monoisotopic (exact) mass is 286 g/mol. The Hall–Kier alpha value is -1.34. The maximum atomic E-state index is 12.4. The molecule has 2 saturated heterocycles. The Morgan fingerprint density at radius 2 is 2.05 bits per heavy atom. The van der Waals surface area contributed by atoms with Gasteiger partial charge >= 0.3 is 12.0 Å². The van der Waals surface area contributed by atoms with Crippen LogP contribution in [0.1, 0.15) is 20.3 Å². The molecular formula is C13H22N2O5. The van der Waals surface area contributed by atoms with E-state index in [0.29, 0.717) is 26.1 Å². The highest BCUT2D eigenvalue weighted by Crippen LogP contribution is 2.31. The van der Waals surface area contributed by atoms with Gasteiger partial charge < -0.3 is 24.7 Å². The minimum atomic E-state index is -0.864. The van der Waals surface area contributed by atoms with Crippen LogP contribution >= 0.6 is 0 Å². The second kappa shape index (κ2) is 5.57. The van der Waals surface area contributed by atoms with Gasteiger partial charge in [-0.15, -0.1) is 0 Å². The van der Waals surface area contributed by atoms with Gasteiger partial charge in [0, 0.05) is 19.6 Å². The van der Waals surface area contributed by atoms with Gasteiger partial charge in [0.05, 0.1) is 30.8 Å². The van der Waals surface area contributed by atoms with Crippen LogP contribution in [0.15, 0.2) is 0 Å². The number of carboxylic acid groups (broad SMARTS) is 1. The number of morpholine rings is 1. The molecule has 2 rings (SSSR count). The number of carboxylic acids is 1. The van der Waals surface area contributed by atoms with Crippen LogP contribution in [0, 0.1) is 5.41 Å². The lowest BCUT2D eigenvalue weighted by Crippen LogP contribution is -2.54. The Bertz CT molecular complexity index is 402. The molecule has 0 spiro atoms. The van der Waals surface area contributed by atoms with Crippen molar-refractivity contribution >= 4 is 12.0 Å². The summed E-state index contributed by atoms with van der Waals surface area (Å²) < 4.78 is 5.50. The fraction of sp³-hybridized carbons (Fsp3) is 0.846. The summed E-state index contributed by atoms with van der Waals surface area (Å²) in [5, 5.41) is 18.4. The maximum Gasteiger partial charge on any atom is 0.320 e. The third-order valence-electron chi connectivity index (χ3n) is 4.06. The molecular weight excluding hydrogens is 264 g/mol. The van der Waals surface area contributed by atoms with E-state index in [-0.39, 0.29) is 31.4 Å². The number of likely N-dealkylation sites (tertiary alicyclic amines) is 1. The molecule has 0 aliphatic carbocycles. The van der Waals surface area contributed by atoms with E-state index in [1.165, 1.54) is 0 Å². The van der Waals surface area contributed by atoms with Crippen LogP contribution in [0.4, 0.5) is 4.79 Å². The van der Waals surface area contributed by atoms with Crippen LogP contribution in [0.2, 0.25) is 0 Å². The largest absolute Gasteiger partial charge is 0.481 e. The topological polar surface area (TPSA) is 90.3 Å². The van der Waals surface area contributed by atoms with Crippen LogP contribution in [-0.4, -0.2) is 77.0 Å². The molecule has 2 aliphatic heterocycles. The summed E-state index contributed by atoms with van der Waals surface area (Å²) in [6.07, 6.45) is -0.0216. The van der Waals surface area contributed by atoms with Crippen molar-refractivity contribution in [2.45, 2.75) is 32.5 Å². The van der Waals surface area contributed by atoms with Gasteiger partial charge in [-0.05, 0) is 20.3 Å². The third kappa shape index (κ3) is 2.88. The number of amides is 2. The van der Waals surface area contributed by atoms with Crippen molar-refractivity contribution in [2.75, 3.05) is 32.8 Å². The van der Waals surface area contributed by atoms with E-state index in [9.17, 15) is 19.8 Å². The summed E-state index contributed by atoms with van der Waals surface area (Å²) in [6.45, 7) is 4.90. The molecule has 0 aromatic carbocycles. The lowest BCUT2D eigenvalue weighted by atomic mass is 9.90. The molecule has 0 aromatic rings. The van der Waals surface area contributed by atoms with Gasteiger partial charge in [0.2, 0.25) is 0 Å². The Labute approximate surface area is 118 Å². The molecule has 3 atom stereocenters. The number of rotatable bonds is 2. The molecule has 114 valence electrons. The van der Waals surface area contributed by atoms with Gasteiger partial charge in [0.25, 0.3) is 0 Å². The predicted molar refractivity (Wildman–Crippen MR) is 70.3 cm³/mol. The molecule has 3 unspecified atom stereocenters. The van der Waals surface area contributed by atoms with Gasteiger partial charge in [-0.1, -0.05) is 0 Å². The zero-order valence-corrected chi connectivity index (χ0v) is 11.9. The van der Waals surface area contributed by atoms with E-state index in [0.717, 1.165) is 0 Å². The summed E-state index contributed by atoms with van der Waals surface area (Å²) in [7, 11) is 0. The first-order valence-corrected chi connectivity index (χ1v) is 6.89. The number of aliphatic carboxylic acids is 1. The second-order valence-corrected chi connectivity index (χ2v) is 5.98. The molecule has 0 bridgehead atoms. The second-order valence-electron chi connectivity index (χ2n) is 5.98. The van der Waals surface area contributed by atoms with Gasteiger partial charge in [0.15, 0.2) is 0 Å². The summed E-state index contributed by atoms with van der Waals surface area (Å²) in [5.41, 5.74) is -0.857. The Morgan fingerprint density at radius 3 is 2.60 bits per heavy atom. The first-order valence-electron chi connectivity index (χ1n) is 6.89. The molecule has 2 amide bonds. The molecule has 7 heteroatoms. The molecule has 2 aliphatic rings. The first kappa shape index (κ1) is 15.1. The molecule has 0 radical (unpaired) electrons. The first-order chi connectivity index (χ1) is 9.35. The number of nitrogens with zero attached hydrogens (tertiary/aromatic N) is 2. The highest BCUT2D eigenvalue weighted by molar-refractivity contribution is 5.79. The van der Waals surface area contributed by atoms with Crippen molar-refractivity contribution in [3.63, 3.8) is 0 Å². The Kier molecular flexibility index (Phi) is 4.19. The average molecular weight is 286 g/mol. The number of carbonyl (C=O) groups is 2. The van der Waals surface area contributed by atoms with E-state index < -0.39 is 11.4 Å². The van der Waals surface area contributed by atoms with Crippen molar-refractivity contribution in [3.8, 4) is 0 Å². The number of aliphatic hydroxyl groups excluding tert-OH is 1. The van der Waals surface area contributed by atoms with E-state index >= 15 is 0 Å². The highest BCUT2D eigenvalue weighted by atomic mass is 16.5. The van der Waals surface area contributed by atoms with Crippen molar-refractivity contribution in [1.82, 2.24) is 9.80 Å². The zero-order valence-electron chi connectivity index (χ0n) is 11.9. The lowest BCUT2D eigenvalue weighted by Gasteiger charge is -2.38. The third-order valence-corrected chi connectivity index (χ3v) is 4.06. The van der Waals surface area contributed by atoms with Crippen LogP contribution in [-0.2, 0) is 9.53 Å². The number of urea groups is 1. The number of carbonyl (C=O) groups excluding carboxylic acids is 1. The molecule has 7 nitrogen and oxygen atoms in total. The van der Waals surface area contributed by atoms with Crippen molar-refractivity contribution in [3.05, 3.63) is 0 Å². The molecule has 2 N–H and O–H groups in total. The van der Waals surface area contributed by atoms with Crippen LogP contribution in [0.3, 0.4) is 0 Å². The van der Waals surface area contributed by atoms with Gasteiger partial charge in [0.1, 0.15) is 0 Å². The minimum Gasteiger partial charge on any atom is -0.481 e. The number of aliphatic hydroxyl groups is 1. The fourth-order valence-corrected chi connectivity index (χ4v) is 2.80. The normalized spacial score (nSPS) is 34.4. The fourth-order valence-electron chi connectivity index (χ4n) is 2.80. The average Bonchev–Trinajstić information content (AvgIpc) is 2.81. The van der Waals surface area contributed by atoms with Crippen molar-refractivity contribution < 1.29 is 24.5 Å². The van der Waals surface area contributed by atoms with Gasteiger partial charge in [-0.25, -0.2) is 4.79 Å². The Balaban J connectivity index is 2.00. The zero-order chi connectivity index (χ0) is 14.9. The standard InChI is InChI=1S/C13H22N2O5/c1-9-5-15(6-10(7-16)20-9)12(19)14-4-3-13(2,8-14)11(17)18/h9-10,16H,3-8H2,1-2H3,(H,17,18). The van der Waals surface area contributed by atoms with E-state index in [1.807, 2.05) is 6.92 Å². The van der Waals surface area contributed by atoms with E-state index in [4.69, 9.17) is 4.74 Å². The van der Waals surface area contributed by atoms with Crippen molar-refractivity contribution in [1.29, 1.82) is 0 Å². The minimum absolute atomic E-state index is 0.124. The molecule has 0 aromatic heterocycles. The summed E-state index contributed by atoms with van der Waals surface area (Å²) in [6, 6.07) is -0.163. The summed E-state index contributed by atoms with van der Waals surface area (Å²) >= 11 is 0. The smallest absolute Gasteiger partial charge is 0.320 e. The molecule has 0 saturated carbocycles. The Morgan fingerprint density at radius 1 is 1.35 bits per heavy atom. The van der Waals surface area contributed by atoms with E-state index in [1.54, 1.807) is 16.7 Å². The molecule has 2 heterocycles. The SMILES string of the molecule is CC1CN(C(=O)N2CCC(C)(C(=O)O)C2)CC(CO)O1. The number of ether oxygens (including phenoxy) is 1. The van der Waals surface area contributed by atoms with E-state index in [2.05, 4.69) is 0 Å². The van der Waals surface area contributed by atoms with Crippen LogP contribution in [0.25, 0.3) is 0 Å². The summed E-state index contributed by atoms with van der Waals surface area (Å²) in [4.78, 5) is 26.9. The number of hydrogen-bond acceptors (Lipinski definition) is 4. The van der Waals surface area contributed by atoms with Gasteiger partial charge in [-0.2, -0.15) is 0 Å². The summed E-state index contributed by atoms with van der Waals surface area (Å²) in [5.74, 6) is -0.864. The van der Waals surface area contributed by atoms with Crippen LogP contribution in [0.5, 0.6) is 0 Å². The van der Waals surface area contributed by atoms with Crippen molar-refractivity contribution in [2.24, 2.45) is 5.41 Å². The highest BCUT2D eigenvalue weighted by Gasteiger charge is 2.43. The van der Waals surface area contributed by atoms with Crippen LogP contribution < -0.4 is 0 Å². The molecule has 2 fully saturated rings. The number of hydrogen-bond donors (Lipinski definition) is 2. The maximum absolute atomic E-state index is 12.4. The predicted octanol–water partition coefficient (Wildman–Crippen LogP) is -0.0154. The quantitative estimate of drug-likeness (QED) is 0.745. The van der Waals surface area contributed by atoms with Gasteiger partial charge in [-0.3, -0.25) is 4.79 Å².